The van der Waals surface area contributed by atoms with Crippen molar-refractivity contribution < 1.29 is 22.7 Å². The summed E-state index contributed by atoms with van der Waals surface area (Å²) in [6.45, 7) is 9.45. The Morgan fingerprint density at radius 3 is 2.32 bits per heavy atom. The molecule has 1 unspecified atom stereocenters. The molecule has 0 bridgehead atoms. The van der Waals surface area contributed by atoms with Crippen LogP contribution in [0, 0.1) is 5.92 Å². The van der Waals surface area contributed by atoms with Crippen LogP contribution in [0.1, 0.15) is 37.7 Å². The predicted molar refractivity (Wildman–Crippen MR) is 144 cm³/mol. The smallest absolute Gasteiger partial charge is 0.282 e. The van der Waals surface area contributed by atoms with Gasteiger partial charge < -0.3 is 19.7 Å². The molecule has 1 N–H and O–H groups in total. The van der Waals surface area contributed by atoms with Crippen molar-refractivity contribution in [3.63, 3.8) is 0 Å². The zero-order chi connectivity index (χ0) is 26.4. The van der Waals surface area contributed by atoms with Gasteiger partial charge in [0.15, 0.2) is 5.79 Å². The van der Waals surface area contributed by atoms with E-state index >= 15 is 0 Å². The molecule has 4 fully saturated rings. The van der Waals surface area contributed by atoms with Crippen LogP contribution >= 0.6 is 0 Å². The molecule has 5 rings (SSSR count). The molecule has 4 aliphatic heterocycles. The van der Waals surface area contributed by atoms with Gasteiger partial charge in [0.1, 0.15) is 0 Å². The number of piperazine rings is 1. The van der Waals surface area contributed by atoms with Crippen LogP contribution in [0.3, 0.4) is 0 Å². The number of hydrogen-bond donors (Lipinski definition) is 1. The Bertz CT molecular complexity index is 1000. The van der Waals surface area contributed by atoms with Crippen molar-refractivity contribution in [2.24, 2.45) is 5.92 Å². The van der Waals surface area contributed by atoms with Crippen LogP contribution in [0.2, 0.25) is 0 Å². The van der Waals surface area contributed by atoms with E-state index in [1.54, 1.807) is 0 Å². The molecule has 1 aromatic rings. The highest BCUT2D eigenvalue weighted by Gasteiger charge is 2.44. The summed E-state index contributed by atoms with van der Waals surface area (Å²) in [6, 6.07) is 10.6. The minimum Gasteiger partial charge on any atom is -0.356 e. The third kappa shape index (κ3) is 6.93. The van der Waals surface area contributed by atoms with Crippen LogP contribution in [0.15, 0.2) is 30.3 Å². The van der Waals surface area contributed by atoms with Gasteiger partial charge in [-0.15, -0.1) is 0 Å². The molecule has 1 aromatic carbocycles. The van der Waals surface area contributed by atoms with E-state index in [2.05, 4.69) is 45.4 Å². The molecule has 10 nitrogen and oxygen atoms in total. The van der Waals surface area contributed by atoms with E-state index in [9.17, 15) is 13.2 Å². The minimum absolute atomic E-state index is 0.0251. The molecule has 212 valence electrons. The first-order valence-corrected chi connectivity index (χ1v) is 15.6. The minimum atomic E-state index is -3.60. The number of ether oxygens (including phenoxy) is 2. The number of hydrogen-bond acceptors (Lipinski definition) is 7. The van der Waals surface area contributed by atoms with Crippen molar-refractivity contribution in [1.82, 2.24) is 23.7 Å². The van der Waals surface area contributed by atoms with Crippen LogP contribution in [0.5, 0.6) is 0 Å². The molecule has 0 aromatic heterocycles. The van der Waals surface area contributed by atoms with Gasteiger partial charge in [0.2, 0.25) is 5.91 Å². The second-order valence-corrected chi connectivity index (χ2v) is 12.9. The third-order valence-electron chi connectivity index (χ3n) is 8.37. The summed E-state index contributed by atoms with van der Waals surface area (Å²) in [5.74, 6) is -0.924. The molecular weight excluding hydrogens is 506 g/mol. The van der Waals surface area contributed by atoms with Gasteiger partial charge in [-0.3, -0.25) is 9.69 Å². The molecule has 11 heteroatoms. The summed E-state index contributed by atoms with van der Waals surface area (Å²) in [4.78, 5) is 17.8. The maximum Gasteiger partial charge on any atom is 0.282 e. The zero-order valence-corrected chi connectivity index (χ0v) is 23.2. The summed E-state index contributed by atoms with van der Waals surface area (Å²) < 4.78 is 41.1. The number of nitrogens with zero attached hydrogens (tertiary/aromatic N) is 4. The molecular formula is C27H43N5O5S. The van der Waals surface area contributed by atoms with Crippen molar-refractivity contribution in [3.8, 4) is 0 Å². The predicted octanol–water partition coefficient (Wildman–Crippen LogP) is 1.11. The molecule has 1 atom stereocenters. The first kappa shape index (κ1) is 27.9. The maximum atomic E-state index is 13.3. The summed E-state index contributed by atoms with van der Waals surface area (Å²) in [6.07, 6.45) is 3.43. The van der Waals surface area contributed by atoms with E-state index in [0.29, 0.717) is 58.7 Å². The van der Waals surface area contributed by atoms with Gasteiger partial charge in [0.05, 0.1) is 19.1 Å². The third-order valence-corrected chi connectivity index (χ3v) is 10.4. The number of carbonyl (C=O) groups is 1. The van der Waals surface area contributed by atoms with Crippen LogP contribution in [-0.4, -0.2) is 117 Å². The molecule has 38 heavy (non-hydrogen) atoms. The summed E-state index contributed by atoms with van der Waals surface area (Å²) >= 11 is 0. The topological polar surface area (TPSA) is 94.7 Å². The fraction of sp³-hybridized carbons (Fsp3) is 0.741. The van der Waals surface area contributed by atoms with Gasteiger partial charge in [-0.25, -0.2) is 0 Å². The number of piperidine rings is 2. The van der Waals surface area contributed by atoms with Gasteiger partial charge >= 0.3 is 0 Å². The first-order chi connectivity index (χ1) is 18.4. The number of rotatable bonds is 9. The second kappa shape index (κ2) is 12.7. The summed E-state index contributed by atoms with van der Waals surface area (Å²) in [7, 11) is -3.60. The van der Waals surface area contributed by atoms with E-state index in [-0.39, 0.29) is 18.4 Å². The SMILES string of the molecule is O=C(NCCCN1CCN(Cc2ccccc2)CC1)C1CCCN(S(=O)(=O)N2CCC3(CC2)OCCO3)C1. The number of amides is 1. The molecule has 0 aliphatic carbocycles. The number of carbonyl (C=O) groups excluding carboxylic acids is 1. The Balaban J connectivity index is 0.994. The lowest BCUT2D eigenvalue weighted by Crippen LogP contribution is -2.54. The monoisotopic (exact) mass is 549 g/mol. The Morgan fingerprint density at radius 1 is 0.921 bits per heavy atom. The van der Waals surface area contributed by atoms with E-state index in [1.807, 2.05) is 0 Å². The number of benzene rings is 1. The molecule has 4 saturated heterocycles. The van der Waals surface area contributed by atoms with Crippen LogP contribution < -0.4 is 5.32 Å². The largest absolute Gasteiger partial charge is 0.356 e. The van der Waals surface area contributed by atoms with E-state index < -0.39 is 16.0 Å². The van der Waals surface area contributed by atoms with E-state index in [0.717, 1.165) is 52.1 Å². The molecule has 1 spiro atoms. The highest BCUT2D eigenvalue weighted by Crippen LogP contribution is 2.33. The zero-order valence-electron chi connectivity index (χ0n) is 22.4. The molecule has 4 aliphatic rings. The lowest BCUT2D eigenvalue weighted by Gasteiger charge is -2.40. The highest BCUT2D eigenvalue weighted by molar-refractivity contribution is 7.86. The Hall–Kier alpha value is -1.60. The van der Waals surface area contributed by atoms with Gasteiger partial charge in [-0.1, -0.05) is 30.3 Å². The van der Waals surface area contributed by atoms with E-state index in [1.165, 1.54) is 14.2 Å². The fourth-order valence-electron chi connectivity index (χ4n) is 6.04. The normalized spacial score (nSPS) is 26.1. The van der Waals surface area contributed by atoms with Crippen molar-refractivity contribution in [1.29, 1.82) is 0 Å². The van der Waals surface area contributed by atoms with Crippen LogP contribution in [0.4, 0.5) is 0 Å². The van der Waals surface area contributed by atoms with E-state index in [4.69, 9.17) is 9.47 Å². The maximum absolute atomic E-state index is 13.3. The second-order valence-electron chi connectivity index (χ2n) is 11.0. The Labute approximate surface area is 227 Å². The standard InChI is InChI=1S/C27H43N5O5S/c33-26(28-11-5-12-29-16-18-30(19-17-29)22-24-6-2-1-3-7-24)25-8-4-13-32(23-25)38(34,35)31-14-9-27(10-15-31)36-20-21-37-27/h1-3,6-7,25H,4-5,8-23H2,(H,28,33). The first-order valence-electron chi connectivity index (χ1n) is 14.2. The van der Waals surface area contributed by atoms with Gasteiger partial charge in [0, 0.05) is 78.3 Å². The van der Waals surface area contributed by atoms with Gasteiger partial charge in [-0.2, -0.15) is 17.0 Å². The van der Waals surface area contributed by atoms with Crippen LogP contribution in [0.25, 0.3) is 0 Å². The summed E-state index contributed by atoms with van der Waals surface area (Å²) in [5, 5.41) is 3.07. The highest BCUT2D eigenvalue weighted by atomic mass is 32.2. The number of nitrogens with one attached hydrogen (secondary N) is 1. The lowest BCUT2D eigenvalue weighted by molar-refractivity contribution is -0.179. The molecule has 4 heterocycles. The fourth-order valence-corrected chi connectivity index (χ4v) is 7.74. The average Bonchev–Trinajstić information content (AvgIpc) is 3.40. The molecule has 1 amide bonds. The molecule has 0 radical (unpaired) electrons. The molecule has 0 saturated carbocycles. The lowest BCUT2D eigenvalue weighted by atomic mass is 9.99. The van der Waals surface area contributed by atoms with Gasteiger partial charge in [0.25, 0.3) is 10.2 Å². The van der Waals surface area contributed by atoms with Crippen molar-refractivity contribution in [2.45, 2.75) is 44.4 Å². The summed E-state index contributed by atoms with van der Waals surface area (Å²) in [5.41, 5.74) is 1.36. The van der Waals surface area contributed by atoms with Gasteiger partial charge in [-0.05, 0) is 31.4 Å². The van der Waals surface area contributed by atoms with Crippen molar-refractivity contribution in [2.75, 3.05) is 78.7 Å². The van der Waals surface area contributed by atoms with Crippen LogP contribution in [-0.2, 0) is 31.0 Å². The Morgan fingerprint density at radius 2 is 1.61 bits per heavy atom. The van der Waals surface area contributed by atoms with Crippen molar-refractivity contribution in [3.05, 3.63) is 35.9 Å². The quantitative estimate of drug-likeness (QED) is 0.461. The van der Waals surface area contributed by atoms with Crippen molar-refractivity contribution >= 4 is 16.1 Å². The average molecular weight is 550 g/mol. The Kier molecular flexibility index (Phi) is 9.35.